The molecule has 0 atom stereocenters. The van der Waals surface area contributed by atoms with E-state index in [0.717, 1.165) is 42.2 Å². The van der Waals surface area contributed by atoms with Gasteiger partial charge < -0.3 is 0 Å². The summed E-state index contributed by atoms with van der Waals surface area (Å²) in [7, 11) is 0. The number of allylic oxidation sites excluding steroid dienone is 2. The summed E-state index contributed by atoms with van der Waals surface area (Å²) < 4.78 is 43.8. The van der Waals surface area contributed by atoms with Crippen LogP contribution in [0.15, 0.2) is 35.9 Å². The van der Waals surface area contributed by atoms with E-state index in [9.17, 15) is 13.2 Å². The van der Waals surface area contributed by atoms with Crippen molar-refractivity contribution in [3.63, 3.8) is 0 Å². The molecule has 0 aliphatic heterocycles. The Morgan fingerprint density at radius 2 is 1.53 bits per heavy atom. The van der Waals surface area contributed by atoms with Gasteiger partial charge in [0.05, 0.1) is 0 Å². The molecule has 2 aromatic rings. The Bertz CT molecular complexity index is 980. The SMILES string of the molecule is CCCC1CCC(CCC2=CCc3cc(-c4ccc(CC)c(F)c4F)c(F)cc3C2)CC1. The van der Waals surface area contributed by atoms with E-state index < -0.39 is 17.5 Å². The lowest BCUT2D eigenvalue weighted by Crippen LogP contribution is -2.15. The minimum absolute atomic E-state index is 0.00783. The molecule has 2 aliphatic carbocycles. The zero-order chi connectivity index (χ0) is 22.7. The van der Waals surface area contributed by atoms with Crippen LogP contribution in [-0.2, 0) is 19.3 Å². The molecule has 0 N–H and O–H groups in total. The molecule has 0 amide bonds. The van der Waals surface area contributed by atoms with Gasteiger partial charge in [-0.3, -0.25) is 0 Å². The molecular weight excluding hydrogens is 405 g/mol. The predicted octanol–water partition coefficient (Wildman–Crippen LogP) is 8.75. The van der Waals surface area contributed by atoms with Crippen molar-refractivity contribution in [1.29, 1.82) is 0 Å². The van der Waals surface area contributed by atoms with E-state index in [-0.39, 0.29) is 11.1 Å². The third kappa shape index (κ3) is 4.97. The summed E-state index contributed by atoms with van der Waals surface area (Å²) in [6.45, 7) is 4.06. The fourth-order valence-electron chi connectivity index (χ4n) is 5.66. The highest BCUT2D eigenvalue weighted by molar-refractivity contribution is 5.67. The van der Waals surface area contributed by atoms with E-state index in [2.05, 4.69) is 13.0 Å². The van der Waals surface area contributed by atoms with Crippen molar-refractivity contribution in [1.82, 2.24) is 0 Å². The van der Waals surface area contributed by atoms with Crippen LogP contribution in [0.3, 0.4) is 0 Å². The van der Waals surface area contributed by atoms with E-state index in [1.807, 2.05) is 0 Å². The van der Waals surface area contributed by atoms with Crippen LogP contribution >= 0.6 is 0 Å². The van der Waals surface area contributed by atoms with Crippen molar-refractivity contribution >= 4 is 0 Å². The van der Waals surface area contributed by atoms with Gasteiger partial charge in [0.25, 0.3) is 0 Å². The molecule has 0 bridgehead atoms. The highest BCUT2D eigenvalue weighted by Gasteiger charge is 2.23. The molecule has 0 saturated heterocycles. The molecule has 0 heterocycles. The Morgan fingerprint density at radius 3 is 2.22 bits per heavy atom. The number of rotatable bonds is 7. The van der Waals surface area contributed by atoms with E-state index in [0.29, 0.717) is 12.0 Å². The average Bonchev–Trinajstić information content (AvgIpc) is 2.80. The van der Waals surface area contributed by atoms with E-state index in [4.69, 9.17) is 0 Å². The second-order valence-electron chi connectivity index (χ2n) is 9.81. The minimum Gasteiger partial charge on any atom is -0.206 e. The van der Waals surface area contributed by atoms with E-state index >= 15 is 0 Å². The third-order valence-corrected chi connectivity index (χ3v) is 7.69. The molecule has 1 saturated carbocycles. The molecule has 0 aromatic heterocycles. The molecule has 1 fully saturated rings. The Kier molecular flexibility index (Phi) is 7.43. The highest BCUT2D eigenvalue weighted by Crippen LogP contribution is 2.37. The average molecular weight is 441 g/mol. The summed E-state index contributed by atoms with van der Waals surface area (Å²) in [4.78, 5) is 0. The molecule has 2 aromatic carbocycles. The van der Waals surface area contributed by atoms with Gasteiger partial charge in [-0.1, -0.05) is 76.2 Å². The van der Waals surface area contributed by atoms with Crippen molar-refractivity contribution in [3.05, 3.63) is 70.1 Å². The molecule has 0 nitrogen and oxygen atoms in total. The second-order valence-corrected chi connectivity index (χ2v) is 9.81. The van der Waals surface area contributed by atoms with Crippen molar-refractivity contribution in [3.8, 4) is 11.1 Å². The van der Waals surface area contributed by atoms with Gasteiger partial charge in [-0.2, -0.15) is 0 Å². The predicted molar refractivity (Wildman–Crippen MR) is 126 cm³/mol. The number of halogens is 3. The monoisotopic (exact) mass is 440 g/mol. The molecule has 3 heteroatoms. The first-order valence-electron chi connectivity index (χ1n) is 12.5. The van der Waals surface area contributed by atoms with Crippen molar-refractivity contribution in [2.75, 3.05) is 0 Å². The lowest BCUT2D eigenvalue weighted by Gasteiger charge is -2.29. The zero-order valence-corrected chi connectivity index (χ0v) is 19.5. The maximum Gasteiger partial charge on any atom is 0.167 e. The summed E-state index contributed by atoms with van der Waals surface area (Å²) in [5.41, 5.74) is 3.88. The van der Waals surface area contributed by atoms with Gasteiger partial charge in [0.1, 0.15) is 5.82 Å². The first kappa shape index (κ1) is 23.1. The number of hydrogen-bond donors (Lipinski definition) is 0. The number of aryl methyl sites for hydroxylation is 1. The van der Waals surface area contributed by atoms with Crippen molar-refractivity contribution in [2.24, 2.45) is 11.8 Å². The Morgan fingerprint density at radius 1 is 0.812 bits per heavy atom. The van der Waals surface area contributed by atoms with Crippen LogP contribution in [0.4, 0.5) is 13.2 Å². The van der Waals surface area contributed by atoms with Crippen LogP contribution in [0.5, 0.6) is 0 Å². The lowest BCUT2D eigenvalue weighted by molar-refractivity contribution is 0.252. The highest BCUT2D eigenvalue weighted by atomic mass is 19.2. The van der Waals surface area contributed by atoms with Gasteiger partial charge in [0.2, 0.25) is 0 Å². The summed E-state index contributed by atoms with van der Waals surface area (Å²) in [5, 5.41) is 0. The fourth-order valence-corrected chi connectivity index (χ4v) is 5.66. The van der Waals surface area contributed by atoms with Crippen LogP contribution in [0, 0.1) is 29.3 Å². The first-order chi connectivity index (χ1) is 15.5. The van der Waals surface area contributed by atoms with E-state index in [1.54, 1.807) is 25.1 Å². The summed E-state index contributed by atoms with van der Waals surface area (Å²) >= 11 is 0. The fraction of sp³-hybridized carbons (Fsp3) is 0.517. The van der Waals surface area contributed by atoms with Gasteiger partial charge >= 0.3 is 0 Å². The molecule has 172 valence electrons. The number of benzene rings is 2. The maximum absolute atomic E-state index is 15.0. The van der Waals surface area contributed by atoms with Gasteiger partial charge in [-0.25, -0.2) is 13.2 Å². The Hall–Kier alpha value is -2.03. The van der Waals surface area contributed by atoms with Crippen molar-refractivity contribution < 1.29 is 13.2 Å². The molecule has 32 heavy (non-hydrogen) atoms. The van der Waals surface area contributed by atoms with Gasteiger partial charge in [-0.15, -0.1) is 0 Å². The van der Waals surface area contributed by atoms with Crippen LogP contribution in [0.1, 0.15) is 81.9 Å². The summed E-state index contributed by atoms with van der Waals surface area (Å²) in [5.74, 6) is -0.530. The molecule has 0 radical (unpaired) electrons. The second kappa shape index (κ2) is 10.3. The molecule has 0 unspecified atom stereocenters. The molecule has 0 spiro atoms. The van der Waals surface area contributed by atoms with Gasteiger partial charge in [-0.05, 0) is 72.8 Å². The largest absolute Gasteiger partial charge is 0.206 e. The minimum atomic E-state index is -0.955. The van der Waals surface area contributed by atoms with Crippen LogP contribution in [0.25, 0.3) is 11.1 Å². The van der Waals surface area contributed by atoms with Gasteiger partial charge in [0.15, 0.2) is 11.6 Å². The lowest BCUT2D eigenvalue weighted by atomic mass is 9.77. The van der Waals surface area contributed by atoms with Crippen LogP contribution in [-0.4, -0.2) is 0 Å². The normalized spacial score (nSPS) is 20.7. The number of fused-ring (bicyclic) bond motifs is 1. The number of hydrogen-bond acceptors (Lipinski definition) is 0. The van der Waals surface area contributed by atoms with Crippen LogP contribution < -0.4 is 0 Å². The summed E-state index contributed by atoms with van der Waals surface area (Å²) in [6, 6.07) is 6.32. The summed E-state index contributed by atoms with van der Waals surface area (Å²) in [6.07, 6.45) is 14.6. The topological polar surface area (TPSA) is 0 Å². The standard InChI is InChI=1S/C29H35F3/c1-3-5-19-6-8-20(9-7-19)10-11-21-12-13-23-17-26(27(30)18-24(23)16-21)25-15-14-22(4-2)28(31)29(25)32/h12,14-15,17-20H,3-11,13,16H2,1-2H3. The van der Waals surface area contributed by atoms with Gasteiger partial charge in [0, 0.05) is 11.1 Å². The smallest absolute Gasteiger partial charge is 0.167 e. The maximum atomic E-state index is 15.0. The molecular formula is C29H35F3. The van der Waals surface area contributed by atoms with Crippen molar-refractivity contribution in [2.45, 2.75) is 84.5 Å². The Labute approximate surface area is 190 Å². The van der Waals surface area contributed by atoms with Crippen LogP contribution in [0.2, 0.25) is 0 Å². The third-order valence-electron chi connectivity index (χ3n) is 7.69. The zero-order valence-electron chi connectivity index (χ0n) is 19.5. The first-order valence-corrected chi connectivity index (χ1v) is 12.5. The molecule has 4 rings (SSSR count). The quantitative estimate of drug-likeness (QED) is 0.378. The van der Waals surface area contributed by atoms with E-state index in [1.165, 1.54) is 56.6 Å². The Balaban J connectivity index is 1.42. The molecule has 2 aliphatic rings.